The van der Waals surface area contributed by atoms with Crippen molar-refractivity contribution in [3.05, 3.63) is 53.2 Å². The SMILES string of the molecule is Cc1cc2c(nc1NC(=O)CC(C)(C)C)[C@H](C)CN2Cc1ccccc1. The number of benzene rings is 1. The molecule has 0 aliphatic carbocycles. The van der Waals surface area contributed by atoms with Crippen molar-refractivity contribution in [3.63, 3.8) is 0 Å². The molecule has 1 atom stereocenters. The van der Waals surface area contributed by atoms with Crippen LogP contribution in [-0.2, 0) is 11.3 Å². The van der Waals surface area contributed by atoms with Crippen LogP contribution < -0.4 is 10.2 Å². The van der Waals surface area contributed by atoms with Crippen molar-refractivity contribution in [3.8, 4) is 0 Å². The van der Waals surface area contributed by atoms with E-state index in [0.29, 0.717) is 18.2 Å². The summed E-state index contributed by atoms with van der Waals surface area (Å²) in [5.74, 6) is 1.08. The lowest BCUT2D eigenvalue weighted by atomic mass is 9.92. The van der Waals surface area contributed by atoms with Crippen LogP contribution in [0.5, 0.6) is 0 Å². The number of fused-ring (bicyclic) bond motifs is 1. The summed E-state index contributed by atoms with van der Waals surface area (Å²) >= 11 is 0. The number of hydrogen-bond donors (Lipinski definition) is 1. The number of aryl methyl sites for hydroxylation is 1. The number of nitrogens with zero attached hydrogens (tertiary/aromatic N) is 2. The topological polar surface area (TPSA) is 45.2 Å². The molecule has 1 aliphatic heterocycles. The van der Waals surface area contributed by atoms with E-state index >= 15 is 0 Å². The monoisotopic (exact) mass is 351 g/mol. The van der Waals surface area contributed by atoms with Gasteiger partial charge < -0.3 is 10.2 Å². The fourth-order valence-electron chi connectivity index (χ4n) is 3.48. The van der Waals surface area contributed by atoms with Crippen LogP contribution in [0.15, 0.2) is 36.4 Å². The minimum atomic E-state index is -0.0332. The molecule has 1 amide bonds. The quantitative estimate of drug-likeness (QED) is 0.853. The zero-order valence-corrected chi connectivity index (χ0v) is 16.5. The highest BCUT2D eigenvalue weighted by Crippen LogP contribution is 2.38. The maximum Gasteiger partial charge on any atom is 0.226 e. The largest absolute Gasteiger partial charge is 0.365 e. The van der Waals surface area contributed by atoms with Gasteiger partial charge in [-0.3, -0.25) is 4.79 Å². The average molecular weight is 351 g/mol. The van der Waals surface area contributed by atoms with Crippen LogP contribution in [0.25, 0.3) is 0 Å². The Morgan fingerprint density at radius 2 is 1.96 bits per heavy atom. The predicted molar refractivity (Wildman–Crippen MR) is 108 cm³/mol. The van der Waals surface area contributed by atoms with E-state index in [1.165, 1.54) is 11.3 Å². The standard InChI is InChI=1S/C22H29N3O/c1-15-11-18-20(24-21(15)23-19(26)12-22(3,4)5)16(2)13-25(18)14-17-9-7-6-8-10-17/h6-11,16H,12-14H2,1-5H3,(H,23,24,26)/t16-/m1/s1. The first-order chi connectivity index (χ1) is 12.2. The van der Waals surface area contributed by atoms with Gasteiger partial charge in [0, 0.05) is 25.4 Å². The number of anilines is 2. The van der Waals surface area contributed by atoms with E-state index in [1.807, 2.05) is 13.0 Å². The average Bonchev–Trinajstić information content (AvgIpc) is 2.82. The van der Waals surface area contributed by atoms with Crippen molar-refractivity contribution in [1.29, 1.82) is 0 Å². The van der Waals surface area contributed by atoms with Crippen LogP contribution in [0.2, 0.25) is 0 Å². The van der Waals surface area contributed by atoms with Gasteiger partial charge >= 0.3 is 0 Å². The number of nitrogens with one attached hydrogen (secondary N) is 1. The van der Waals surface area contributed by atoms with Crippen molar-refractivity contribution in [2.45, 2.75) is 53.5 Å². The van der Waals surface area contributed by atoms with Crippen LogP contribution in [0.3, 0.4) is 0 Å². The first-order valence-electron chi connectivity index (χ1n) is 9.33. The number of carbonyl (C=O) groups is 1. The Kier molecular flexibility index (Phi) is 5.03. The zero-order valence-electron chi connectivity index (χ0n) is 16.5. The van der Waals surface area contributed by atoms with Crippen LogP contribution >= 0.6 is 0 Å². The molecule has 0 radical (unpaired) electrons. The molecule has 0 fully saturated rings. The van der Waals surface area contributed by atoms with Gasteiger partial charge in [-0.25, -0.2) is 4.98 Å². The Morgan fingerprint density at radius 3 is 2.62 bits per heavy atom. The fraction of sp³-hybridized carbons (Fsp3) is 0.455. The second-order valence-electron chi connectivity index (χ2n) is 8.61. The lowest BCUT2D eigenvalue weighted by molar-refractivity contribution is -0.117. The molecule has 2 heterocycles. The highest BCUT2D eigenvalue weighted by molar-refractivity contribution is 5.91. The minimum Gasteiger partial charge on any atom is -0.365 e. The molecule has 26 heavy (non-hydrogen) atoms. The van der Waals surface area contributed by atoms with Gasteiger partial charge in [0.1, 0.15) is 5.82 Å². The zero-order chi connectivity index (χ0) is 18.9. The summed E-state index contributed by atoms with van der Waals surface area (Å²) in [6.45, 7) is 12.3. The molecule has 4 heteroatoms. The van der Waals surface area contributed by atoms with Crippen molar-refractivity contribution >= 4 is 17.4 Å². The first-order valence-corrected chi connectivity index (χ1v) is 9.33. The van der Waals surface area contributed by atoms with Gasteiger partial charge in [-0.1, -0.05) is 58.0 Å². The Labute approximate surface area is 156 Å². The number of hydrogen-bond acceptors (Lipinski definition) is 3. The molecule has 4 nitrogen and oxygen atoms in total. The highest BCUT2D eigenvalue weighted by atomic mass is 16.1. The summed E-state index contributed by atoms with van der Waals surface area (Å²) < 4.78 is 0. The molecule has 0 saturated heterocycles. The maximum atomic E-state index is 12.3. The Morgan fingerprint density at radius 1 is 1.27 bits per heavy atom. The molecule has 0 bridgehead atoms. The van der Waals surface area contributed by atoms with Gasteiger partial charge in [-0.05, 0) is 29.5 Å². The van der Waals surface area contributed by atoms with E-state index in [-0.39, 0.29) is 11.3 Å². The molecule has 1 aromatic carbocycles. The third-order valence-corrected chi connectivity index (χ3v) is 4.69. The second-order valence-corrected chi connectivity index (χ2v) is 8.61. The Hall–Kier alpha value is -2.36. The normalized spacial score (nSPS) is 16.5. The second kappa shape index (κ2) is 7.10. The summed E-state index contributed by atoms with van der Waals surface area (Å²) in [7, 11) is 0. The summed E-state index contributed by atoms with van der Waals surface area (Å²) in [6.07, 6.45) is 0.487. The summed E-state index contributed by atoms with van der Waals surface area (Å²) in [4.78, 5) is 19.5. The molecule has 3 rings (SSSR count). The summed E-state index contributed by atoms with van der Waals surface area (Å²) in [5.41, 5.74) is 4.55. The molecular formula is C22H29N3O. The Balaban J connectivity index is 1.81. The molecule has 0 saturated carbocycles. The number of rotatable bonds is 4. The first kappa shape index (κ1) is 18.4. The van der Waals surface area contributed by atoms with Gasteiger partial charge in [0.25, 0.3) is 0 Å². The van der Waals surface area contributed by atoms with E-state index in [2.05, 4.69) is 68.2 Å². The van der Waals surface area contributed by atoms with Gasteiger partial charge in [0.15, 0.2) is 0 Å². The number of carbonyl (C=O) groups excluding carboxylic acids is 1. The maximum absolute atomic E-state index is 12.3. The van der Waals surface area contributed by atoms with E-state index < -0.39 is 0 Å². The van der Waals surface area contributed by atoms with Crippen LogP contribution in [0, 0.1) is 12.3 Å². The molecule has 138 valence electrons. The molecule has 1 aliphatic rings. The molecule has 0 unspecified atom stereocenters. The minimum absolute atomic E-state index is 0.0276. The van der Waals surface area contributed by atoms with Crippen LogP contribution in [0.4, 0.5) is 11.5 Å². The summed E-state index contributed by atoms with van der Waals surface area (Å²) in [6, 6.07) is 12.7. The van der Waals surface area contributed by atoms with Gasteiger partial charge in [0.05, 0.1) is 11.4 Å². The molecule has 1 N–H and O–H groups in total. The fourth-order valence-corrected chi connectivity index (χ4v) is 3.48. The molecule has 0 spiro atoms. The van der Waals surface area contributed by atoms with Crippen molar-refractivity contribution in [2.24, 2.45) is 5.41 Å². The Bertz CT molecular complexity index is 793. The summed E-state index contributed by atoms with van der Waals surface area (Å²) in [5, 5.41) is 3.01. The van der Waals surface area contributed by atoms with E-state index in [4.69, 9.17) is 4.98 Å². The molecule has 1 aromatic heterocycles. The smallest absolute Gasteiger partial charge is 0.226 e. The van der Waals surface area contributed by atoms with Crippen molar-refractivity contribution in [2.75, 3.05) is 16.8 Å². The van der Waals surface area contributed by atoms with Gasteiger partial charge in [0.2, 0.25) is 5.91 Å². The van der Waals surface area contributed by atoms with Crippen LogP contribution in [-0.4, -0.2) is 17.4 Å². The van der Waals surface area contributed by atoms with E-state index in [0.717, 1.165) is 24.3 Å². The third-order valence-electron chi connectivity index (χ3n) is 4.69. The van der Waals surface area contributed by atoms with Crippen LogP contribution in [0.1, 0.15) is 56.9 Å². The number of amides is 1. The highest BCUT2D eigenvalue weighted by Gasteiger charge is 2.28. The lowest BCUT2D eigenvalue weighted by Crippen LogP contribution is -2.21. The van der Waals surface area contributed by atoms with Crippen molar-refractivity contribution in [1.82, 2.24) is 4.98 Å². The molecular weight excluding hydrogens is 322 g/mol. The van der Waals surface area contributed by atoms with Gasteiger partial charge in [-0.15, -0.1) is 0 Å². The van der Waals surface area contributed by atoms with E-state index in [9.17, 15) is 4.79 Å². The van der Waals surface area contributed by atoms with Gasteiger partial charge in [-0.2, -0.15) is 0 Å². The lowest BCUT2D eigenvalue weighted by Gasteiger charge is -2.21. The predicted octanol–water partition coefficient (Wildman–Crippen LogP) is 4.89. The number of aromatic nitrogens is 1. The third kappa shape index (κ3) is 4.24. The van der Waals surface area contributed by atoms with E-state index in [1.54, 1.807) is 0 Å². The van der Waals surface area contributed by atoms with Crippen molar-refractivity contribution < 1.29 is 4.79 Å². The molecule has 2 aromatic rings. The number of pyridine rings is 1.